The Morgan fingerprint density at radius 1 is 1.46 bits per heavy atom. The van der Waals surface area contributed by atoms with Crippen LogP contribution in [0.4, 0.5) is 0 Å². The summed E-state index contributed by atoms with van der Waals surface area (Å²) in [4.78, 5) is 0.528. The van der Waals surface area contributed by atoms with Gasteiger partial charge >= 0.3 is 0 Å². The van der Waals surface area contributed by atoms with Crippen LogP contribution in [0, 0.1) is 5.92 Å². The van der Waals surface area contributed by atoms with Gasteiger partial charge in [-0.15, -0.1) is 0 Å². The minimum atomic E-state index is 0.528. The van der Waals surface area contributed by atoms with Crippen LogP contribution in [0.2, 0.25) is 0 Å². The number of halogens is 1. The maximum absolute atomic E-state index is 5.32. The first kappa shape index (κ1) is 11.5. The highest BCUT2D eigenvalue weighted by Crippen LogP contribution is 2.22. The van der Waals surface area contributed by atoms with Gasteiger partial charge in [0, 0.05) is 25.2 Å². The molecule has 0 aliphatic carbocycles. The number of alkyl halides is 1. The van der Waals surface area contributed by atoms with Crippen molar-refractivity contribution in [2.24, 2.45) is 5.92 Å². The first-order chi connectivity index (χ1) is 6.33. The van der Waals surface area contributed by atoms with Crippen molar-refractivity contribution < 1.29 is 9.47 Å². The molecule has 1 saturated heterocycles. The zero-order valence-electron chi connectivity index (χ0n) is 8.30. The molecule has 1 fully saturated rings. The second-order valence-electron chi connectivity index (χ2n) is 3.69. The predicted molar refractivity (Wildman–Crippen MR) is 57.4 cm³/mol. The summed E-state index contributed by atoms with van der Waals surface area (Å²) in [5.74, 6) is 0.880. The summed E-state index contributed by atoms with van der Waals surface area (Å²) in [7, 11) is 1.75. The van der Waals surface area contributed by atoms with Gasteiger partial charge in [-0.3, -0.25) is 0 Å². The number of methoxy groups -OCH3 is 1. The lowest BCUT2D eigenvalue weighted by atomic mass is 9.94. The van der Waals surface area contributed by atoms with Gasteiger partial charge in [0.1, 0.15) is 0 Å². The van der Waals surface area contributed by atoms with E-state index in [2.05, 4.69) is 15.9 Å². The van der Waals surface area contributed by atoms with Crippen LogP contribution in [-0.4, -0.2) is 31.8 Å². The SMILES string of the molecule is COCC(Br)CCC1CCOCC1. The fourth-order valence-electron chi connectivity index (χ4n) is 1.72. The molecule has 0 aromatic carbocycles. The van der Waals surface area contributed by atoms with E-state index in [1.165, 1.54) is 25.7 Å². The predicted octanol–water partition coefficient (Wildman–Crippen LogP) is 2.60. The van der Waals surface area contributed by atoms with Crippen molar-refractivity contribution in [2.45, 2.75) is 30.5 Å². The summed E-state index contributed by atoms with van der Waals surface area (Å²) in [6.45, 7) is 2.74. The van der Waals surface area contributed by atoms with E-state index >= 15 is 0 Å². The van der Waals surface area contributed by atoms with Gasteiger partial charge in [-0.25, -0.2) is 0 Å². The first-order valence-corrected chi connectivity index (χ1v) is 5.95. The van der Waals surface area contributed by atoms with Crippen LogP contribution in [0.5, 0.6) is 0 Å². The second-order valence-corrected chi connectivity index (χ2v) is 4.98. The van der Waals surface area contributed by atoms with Crippen LogP contribution in [0.25, 0.3) is 0 Å². The normalized spacial score (nSPS) is 21.7. The highest BCUT2D eigenvalue weighted by atomic mass is 79.9. The van der Waals surface area contributed by atoms with Crippen molar-refractivity contribution in [3.05, 3.63) is 0 Å². The highest BCUT2D eigenvalue weighted by molar-refractivity contribution is 9.09. The fraction of sp³-hybridized carbons (Fsp3) is 1.00. The summed E-state index contributed by atoms with van der Waals surface area (Å²) in [6.07, 6.45) is 5.01. The summed E-state index contributed by atoms with van der Waals surface area (Å²) >= 11 is 3.61. The Bertz CT molecular complexity index is 124. The van der Waals surface area contributed by atoms with Crippen molar-refractivity contribution in [2.75, 3.05) is 26.9 Å². The summed E-state index contributed by atoms with van der Waals surface area (Å²) < 4.78 is 10.4. The average molecular weight is 251 g/mol. The van der Waals surface area contributed by atoms with E-state index < -0.39 is 0 Å². The van der Waals surface area contributed by atoms with Crippen molar-refractivity contribution in [1.82, 2.24) is 0 Å². The minimum Gasteiger partial charge on any atom is -0.384 e. The highest BCUT2D eigenvalue weighted by Gasteiger charge is 2.15. The first-order valence-electron chi connectivity index (χ1n) is 5.03. The third kappa shape index (κ3) is 4.99. The largest absolute Gasteiger partial charge is 0.384 e. The van der Waals surface area contributed by atoms with Crippen LogP contribution in [0.15, 0.2) is 0 Å². The van der Waals surface area contributed by atoms with E-state index in [0.717, 1.165) is 25.7 Å². The third-order valence-corrected chi connectivity index (χ3v) is 3.30. The van der Waals surface area contributed by atoms with E-state index in [4.69, 9.17) is 9.47 Å². The molecule has 0 N–H and O–H groups in total. The summed E-state index contributed by atoms with van der Waals surface area (Å²) in [5, 5.41) is 0. The zero-order chi connectivity index (χ0) is 9.52. The molecule has 1 aliphatic rings. The van der Waals surface area contributed by atoms with Gasteiger partial charge in [-0.2, -0.15) is 0 Å². The van der Waals surface area contributed by atoms with Crippen molar-refractivity contribution in [1.29, 1.82) is 0 Å². The lowest BCUT2D eigenvalue weighted by Gasteiger charge is -2.22. The molecule has 78 valence electrons. The Hall–Kier alpha value is 0.400. The average Bonchev–Trinajstić information content (AvgIpc) is 2.17. The molecule has 13 heavy (non-hydrogen) atoms. The smallest absolute Gasteiger partial charge is 0.0587 e. The molecule has 1 unspecified atom stereocenters. The molecule has 0 saturated carbocycles. The van der Waals surface area contributed by atoms with Crippen molar-refractivity contribution in [3.8, 4) is 0 Å². The lowest BCUT2D eigenvalue weighted by molar-refractivity contribution is 0.0627. The fourth-order valence-corrected chi connectivity index (χ4v) is 2.24. The Kier molecular flexibility index (Phi) is 6.00. The molecule has 1 aliphatic heterocycles. The van der Waals surface area contributed by atoms with Gasteiger partial charge in [0.05, 0.1) is 6.61 Å². The molecule has 0 aromatic heterocycles. The summed E-state index contributed by atoms with van der Waals surface area (Å²) in [6, 6.07) is 0. The second kappa shape index (κ2) is 6.80. The molecule has 3 heteroatoms. The number of rotatable bonds is 5. The van der Waals surface area contributed by atoms with E-state index in [0.29, 0.717) is 4.83 Å². The van der Waals surface area contributed by atoms with Crippen LogP contribution in [-0.2, 0) is 9.47 Å². The topological polar surface area (TPSA) is 18.5 Å². The minimum absolute atomic E-state index is 0.528. The van der Waals surface area contributed by atoms with Crippen molar-refractivity contribution in [3.63, 3.8) is 0 Å². The molecule has 2 nitrogen and oxygen atoms in total. The van der Waals surface area contributed by atoms with Gasteiger partial charge in [0.15, 0.2) is 0 Å². The lowest BCUT2D eigenvalue weighted by Crippen LogP contribution is -2.17. The van der Waals surface area contributed by atoms with E-state index in [9.17, 15) is 0 Å². The molecule has 1 heterocycles. The van der Waals surface area contributed by atoms with Gasteiger partial charge in [0.2, 0.25) is 0 Å². The molecule has 0 aromatic rings. The quantitative estimate of drug-likeness (QED) is 0.699. The van der Waals surface area contributed by atoms with Crippen LogP contribution < -0.4 is 0 Å². The Morgan fingerprint density at radius 2 is 2.15 bits per heavy atom. The van der Waals surface area contributed by atoms with Gasteiger partial charge < -0.3 is 9.47 Å². The van der Waals surface area contributed by atoms with E-state index in [1.807, 2.05) is 0 Å². The molecule has 0 amide bonds. The molecule has 0 bridgehead atoms. The van der Waals surface area contributed by atoms with Gasteiger partial charge in [-0.05, 0) is 31.6 Å². The molecular formula is C10H19BrO2. The van der Waals surface area contributed by atoms with Crippen LogP contribution in [0.1, 0.15) is 25.7 Å². The number of hydrogen-bond acceptors (Lipinski definition) is 2. The molecule has 1 rings (SSSR count). The summed E-state index contributed by atoms with van der Waals surface area (Å²) in [5.41, 5.74) is 0. The van der Waals surface area contributed by atoms with Gasteiger partial charge in [-0.1, -0.05) is 15.9 Å². The Balaban J connectivity index is 2.03. The van der Waals surface area contributed by atoms with E-state index in [-0.39, 0.29) is 0 Å². The Labute approximate surface area is 89.1 Å². The Morgan fingerprint density at radius 3 is 2.77 bits per heavy atom. The maximum atomic E-state index is 5.32. The molecule has 0 radical (unpaired) electrons. The standard InChI is InChI=1S/C10H19BrO2/c1-12-8-10(11)3-2-9-4-6-13-7-5-9/h9-10H,2-8H2,1H3. The molecular weight excluding hydrogens is 232 g/mol. The monoisotopic (exact) mass is 250 g/mol. The number of hydrogen-bond donors (Lipinski definition) is 0. The van der Waals surface area contributed by atoms with Gasteiger partial charge in [0.25, 0.3) is 0 Å². The molecule has 1 atom stereocenters. The zero-order valence-corrected chi connectivity index (χ0v) is 9.88. The number of ether oxygens (including phenoxy) is 2. The molecule has 0 spiro atoms. The van der Waals surface area contributed by atoms with Crippen molar-refractivity contribution >= 4 is 15.9 Å². The maximum Gasteiger partial charge on any atom is 0.0587 e. The van der Waals surface area contributed by atoms with Crippen LogP contribution in [0.3, 0.4) is 0 Å². The third-order valence-electron chi connectivity index (χ3n) is 2.58. The van der Waals surface area contributed by atoms with Crippen LogP contribution >= 0.6 is 15.9 Å². The van der Waals surface area contributed by atoms with E-state index in [1.54, 1.807) is 7.11 Å².